The highest BCUT2D eigenvalue weighted by Crippen LogP contribution is 2.23. The molecule has 0 atom stereocenters. The first-order chi connectivity index (χ1) is 9.21. The van der Waals surface area contributed by atoms with Crippen LogP contribution in [0.15, 0.2) is 18.2 Å². The molecule has 1 aromatic carbocycles. The molecule has 3 N–H and O–H groups in total. The maximum Gasteiger partial charge on any atom is 0.220 e. The molecule has 0 aromatic heterocycles. The van der Waals surface area contributed by atoms with Crippen LogP contribution < -0.4 is 20.5 Å². The molecule has 0 unspecified atom stereocenters. The highest BCUT2D eigenvalue weighted by molar-refractivity contribution is 5.75. The van der Waals surface area contributed by atoms with Crippen LogP contribution in [-0.2, 0) is 11.3 Å². The lowest BCUT2D eigenvalue weighted by Gasteiger charge is -2.11. The number of amides is 1. The molecule has 5 heteroatoms. The van der Waals surface area contributed by atoms with Gasteiger partial charge in [0.05, 0.1) is 14.2 Å². The van der Waals surface area contributed by atoms with Crippen LogP contribution in [0.4, 0.5) is 0 Å². The molecule has 5 nitrogen and oxygen atoms in total. The molecule has 0 radical (unpaired) electrons. The second-order valence-corrected chi connectivity index (χ2v) is 4.20. The van der Waals surface area contributed by atoms with Crippen LogP contribution in [-0.4, -0.2) is 26.7 Å². The summed E-state index contributed by atoms with van der Waals surface area (Å²) in [5.74, 6) is 1.51. The van der Waals surface area contributed by atoms with Gasteiger partial charge in [-0.1, -0.05) is 0 Å². The molecule has 0 aliphatic rings. The minimum atomic E-state index is 0.0262. The number of hydrogen-bond donors (Lipinski definition) is 2. The number of benzene rings is 1. The van der Waals surface area contributed by atoms with Crippen molar-refractivity contribution in [2.24, 2.45) is 5.73 Å². The molecule has 1 amide bonds. The van der Waals surface area contributed by atoms with Crippen molar-refractivity contribution in [1.82, 2.24) is 5.32 Å². The van der Waals surface area contributed by atoms with E-state index in [1.807, 2.05) is 18.2 Å². The summed E-state index contributed by atoms with van der Waals surface area (Å²) in [6.07, 6.45) is 2.19. The first kappa shape index (κ1) is 15.3. The summed E-state index contributed by atoms with van der Waals surface area (Å²) < 4.78 is 10.4. The molecule has 0 aliphatic carbocycles. The van der Waals surface area contributed by atoms with E-state index in [0.29, 0.717) is 19.5 Å². The van der Waals surface area contributed by atoms with Gasteiger partial charge in [-0.3, -0.25) is 4.79 Å². The number of unbranched alkanes of at least 4 members (excludes halogenated alkanes) is 1. The maximum absolute atomic E-state index is 11.6. The van der Waals surface area contributed by atoms with Gasteiger partial charge in [0, 0.05) is 18.5 Å². The zero-order valence-corrected chi connectivity index (χ0v) is 11.6. The van der Waals surface area contributed by atoms with Crippen LogP contribution in [0, 0.1) is 0 Å². The van der Waals surface area contributed by atoms with Crippen molar-refractivity contribution >= 4 is 5.91 Å². The second kappa shape index (κ2) is 8.37. The third-order valence-electron chi connectivity index (χ3n) is 2.82. The summed E-state index contributed by atoms with van der Waals surface area (Å²) in [5, 5.41) is 2.87. The van der Waals surface area contributed by atoms with Gasteiger partial charge in [-0.05, 0) is 37.6 Å². The predicted octanol–water partition coefficient (Wildman–Crippen LogP) is 1.45. The Morgan fingerprint density at radius 2 is 2.05 bits per heavy atom. The van der Waals surface area contributed by atoms with Crippen LogP contribution in [0.2, 0.25) is 0 Å². The lowest BCUT2D eigenvalue weighted by Crippen LogP contribution is -2.22. The Labute approximate surface area is 114 Å². The topological polar surface area (TPSA) is 73.6 Å². The lowest BCUT2D eigenvalue weighted by atomic mass is 10.1. The van der Waals surface area contributed by atoms with Gasteiger partial charge in [0.1, 0.15) is 11.5 Å². The highest BCUT2D eigenvalue weighted by atomic mass is 16.5. The van der Waals surface area contributed by atoms with Crippen molar-refractivity contribution in [3.63, 3.8) is 0 Å². The SMILES string of the molecule is COc1ccc(OC)c(CNC(=O)CCCCN)c1. The van der Waals surface area contributed by atoms with E-state index in [4.69, 9.17) is 15.2 Å². The van der Waals surface area contributed by atoms with E-state index in [1.165, 1.54) is 0 Å². The van der Waals surface area contributed by atoms with Crippen molar-refractivity contribution in [2.45, 2.75) is 25.8 Å². The van der Waals surface area contributed by atoms with Gasteiger partial charge in [0.2, 0.25) is 5.91 Å². The molecular weight excluding hydrogens is 244 g/mol. The van der Waals surface area contributed by atoms with Gasteiger partial charge in [0.25, 0.3) is 0 Å². The number of carbonyl (C=O) groups is 1. The molecule has 1 aromatic rings. The van der Waals surface area contributed by atoms with Gasteiger partial charge in [-0.2, -0.15) is 0 Å². The molecule has 0 saturated heterocycles. The molecule has 0 saturated carbocycles. The number of rotatable bonds is 8. The lowest BCUT2D eigenvalue weighted by molar-refractivity contribution is -0.121. The van der Waals surface area contributed by atoms with E-state index >= 15 is 0 Å². The quantitative estimate of drug-likeness (QED) is 0.698. The number of ether oxygens (including phenoxy) is 2. The van der Waals surface area contributed by atoms with Crippen LogP contribution in [0.25, 0.3) is 0 Å². The first-order valence-corrected chi connectivity index (χ1v) is 6.39. The Bertz CT molecular complexity index is 408. The van der Waals surface area contributed by atoms with E-state index in [9.17, 15) is 4.79 Å². The summed E-state index contributed by atoms with van der Waals surface area (Å²) in [6.45, 7) is 1.05. The number of methoxy groups -OCH3 is 2. The zero-order chi connectivity index (χ0) is 14.1. The van der Waals surface area contributed by atoms with Gasteiger partial charge in [0.15, 0.2) is 0 Å². The minimum Gasteiger partial charge on any atom is -0.497 e. The Morgan fingerprint density at radius 1 is 1.26 bits per heavy atom. The fourth-order valence-corrected chi connectivity index (χ4v) is 1.73. The smallest absolute Gasteiger partial charge is 0.220 e. The number of nitrogens with one attached hydrogen (secondary N) is 1. The first-order valence-electron chi connectivity index (χ1n) is 6.39. The van der Waals surface area contributed by atoms with Crippen molar-refractivity contribution < 1.29 is 14.3 Å². The molecular formula is C14H22N2O3. The normalized spacial score (nSPS) is 10.1. The molecule has 19 heavy (non-hydrogen) atoms. The summed E-state index contributed by atoms with van der Waals surface area (Å²) >= 11 is 0. The second-order valence-electron chi connectivity index (χ2n) is 4.20. The third-order valence-corrected chi connectivity index (χ3v) is 2.82. The Balaban J connectivity index is 2.53. The largest absolute Gasteiger partial charge is 0.497 e. The van der Waals surface area contributed by atoms with Crippen molar-refractivity contribution in [1.29, 1.82) is 0 Å². The van der Waals surface area contributed by atoms with E-state index < -0.39 is 0 Å². The Morgan fingerprint density at radius 3 is 2.68 bits per heavy atom. The Kier molecular flexibility index (Phi) is 6.74. The van der Waals surface area contributed by atoms with Crippen LogP contribution in [0.1, 0.15) is 24.8 Å². The minimum absolute atomic E-state index is 0.0262. The molecule has 0 bridgehead atoms. The Hall–Kier alpha value is -1.75. The number of carbonyl (C=O) groups excluding carboxylic acids is 1. The van der Waals surface area contributed by atoms with Gasteiger partial charge in [-0.25, -0.2) is 0 Å². The molecule has 0 spiro atoms. The van der Waals surface area contributed by atoms with Crippen molar-refractivity contribution in [3.05, 3.63) is 23.8 Å². The molecule has 106 valence electrons. The van der Waals surface area contributed by atoms with Crippen LogP contribution in [0.5, 0.6) is 11.5 Å². The van der Waals surface area contributed by atoms with Crippen LogP contribution in [0.3, 0.4) is 0 Å². The summed E-state index contributed by atoms with van der Waals surface area (Å²) in [6, 6.07) is 5.51. The average Bonchev–Trinajstić information content (AvgIpc) is 2.45. The summed E-state index contributed by atoms with van der Waals surface area (Å²) in [5.41, 5.74) is 6.28. The highest BCUT2D eigenvalue weighted by Gasteiger charge is 2.07. The van der Waals surface area contributed by atoms with Gasteiger partial charge in [-0.15, -0.1) is 0 Å². The maximum atomic E-state index is 11.6. The molecule has 1 rings (SSSR count). The fraction of sp³-hybridized carbons (Fsp3) is 0.500. The monoisotopic (exact) mass is 266 g/mol. The fourth-order valence-electron chi connectivity index (χ4n) is 1.73. The molecule has 0 fully saturated rings. The predicted molar refractivity (Wildman–Crippen MR) is 74.3 cm³/mol. The van der Waals surface area contributed by atoms with E-state index in [-0.39, 0.29) is 5.91 Å². The summed E-state index contributed by atoms with van der Waals surface area (Å²) in [4.78, 5) is 11.6. The standard InChI is InChI=1S/C14H22N2O3/c1-18-12-6-7-13(19-2)11(9-12)10-16-14(17)5-3-4-8-15/h6-7,9H,3-5,8,10,15H2,1-2H3,(H,16,17). The number of nitrogens with two attached hydrogens (primary N) is 1. The number of hydrogen-bond acceptors (Lipinski definition) is 4. The zero-order valence-electron chi connectivity index (χ0n) is 11.6. The van der Waals surface area contributed by atoms with E-state index in [0.717, 1.165) is 29.9 Å². The molecule has 0 heterocycles. The molecule has 0 aliphatic heterocycles. The summed E-state index contributed by atoms with van der Waals surface area (Å²) in [7, 11) is 3.21. The average molecular weight is 266 g/mol. The van der Waals surface area contributed by atoms with Crippen molar-refractivity contribution in [3.8, 4) is 11.5 Å². The van der Waals surface area contributed by atoms with E-state index in [2.05, 4.69) is 5.32 Å². The third kappa shape index (κ3) is 5.18. The van der Waals surface area contributed by atoms with E-state index in [1.54, 1.807) is 14.2 Å². The van der Waals surface area contributed by atoms with Crippen molar-refractivity contribution in [2.75, 3.05) is 20.8 Å². The van der Waals surface area contributed by atoms with Crippen LogP contribution >= 0.6 is 0 Å². The van der Waals surface area contributed by atoms with Gasteiger partial charge < -0.3 is 20.5 Å². The van der Waals surface area contributed by atoms with Gasteiger partial charge >= 0.3 is 0 Å².